The second-order valence-electron chi connectivity index (χ2n) is 5.84. The maximum Gasteiger partial charge on any atom is 0.338 e. The van der Waals surface area contributed by atoms with E-state index in [-0.39, 0.29) is 23.8 Å². The molecule has 0 saturated heterocycles. The van der Waals surface area contributed by atoms with Gasteiger partial charge in [0.2, 0.25) is 0 Å². The zero-order valence-corrected chi connectivity index (χ0v) is 13.1. The lowest BCUT2D eigenvalue weighted by molar-refractivity contribution is -0.139. The molecular weight excluding hydrogens is 294 g/mol. The van der Waals surface area contributed by atoms with Gasteiger partial charge >= 0.3 is 5.97 Å². The average molecular weight is 313 g/mol. The van der Waals surface area contributed by atoms with Crippen molar-refractivity contribution in [1.82, 2.24) is 4.90 Å². The summed E-state index contributed by atoms with van der Waals surface area (Å²) in [4.78, 5) is 37.2. The van der Waals surface area contributed by atoms with E-state index in [9.17, 15) is 14.4 Å². The fraction of sp³-hybridized carbons (Fsp3) is 0.389. The van der Waals surface area contributed by atoms with Gasteiger partial charge in [0, 0.05) is 12.2 Å². The van der Waals surface area contributed by atoms with E-state index in [2.05, 4.69) is 0 Å². The first-order chi connectivity index (χ1) is 11.1. The number of unbranched alkanes of at least 4 members (excludes halogenated alkanes) is 1. The van der Waals surface area contributed by atoms with Crippen LogP contribution in [0.25, 0.3) is 0 Å². The van der Waals surface area contributed by atoms with Gasteiger partial charge in [-0.05, 0) is 42.5 Å². The summed E-state index contributed by atoms with van der Waals surface area (Å²) in [5.41, 5.74) is 2.42. The lowest BCUT2D eigenvalue weighted by Gasteiger charge is -2.23. The van der Waals surface area contributed by atoms with Gasteiger partial charge in [0.1, 0.15) is 0 Å². The van der Waals surface area contributed by atoms with Crippen molar-refractivity contribution in [3.8, 4) is 0 Å². The summed E-state index contributed by atoms with van der Waals surface area (Å²) in [7, 11) is 0. The lowest BCUT2D eigenvalue weighted by Crippen LogP contribution is -2.33. The quantitative estimate of drug-likeness (QED) is 0.476. The van der Waals surface area contributed by atoms with Crippen LogP contribution in [0.4, 0.5) is 0 Å². The highest BCUT2D eigenvalue weighted by Crippen LogP contribution is 2.37. The van der Waals surface area contributed by atoms with Crippen molar-refractivity contribution in [3.63, 3.8) is 0 Å². The Bertz CT molecular complexity index is 674. The van der Waals surface area contributed by atoms with Crippen molar-refractivity contribution in [2.45, 2.75) is 38.6 Å². The van der Waals surface area contributed by atoms with Gasteiger partial charge in [-0.1, -0.05) is 19.4 Å². The number of fused-ring (bicyclic) bond motifs is 1. The Morgan fingerprint density at radius 1 is 1.26 bits per heavy atom. The van der Waals surface area contributed by atoms with Crippen molar-refractivity contribution >= 4 is 17.8 Å². The van der Waals surface area contributed by atoms with Crippen LogP contribution in [0.2, 0.25) is 0 Å². The molecule has 120 valence electrons. The van der Waals surface area contributed by atoms with E-state index in [1.165, 1.54) is 17.1 Å². The predicted octanol–water partition coefficient (Wildman–Crippen LogP) is 2.56. The molecule has 0 fully saturated rings. The van der Waals surface area contributed by atoms with E-state index in [0.717, 1.165) is 30.4 Å². The fourth-order valence-corrected chi connectivity index (χ4v) is 3.09. The van der Waals surface area contributed by atoms with Crippen LogP contribution in [0.3, 0.4) is 0 Å². The smallest absolute Gasteiger partial charge is 0.338 e. The van der Waals surface area contributed by atoms with E-state index in [0.29, 0.717) is 18.6 Å². The lowest BCUT2D eigenvalue weighted by atomic mass is 10.0. The van der Waals surface area contributed by atoms with E-state index < -0.39 is 0 Å². The van der Waals surface area contributed by atoms with Crippen LogP contribution >= 0.6 is 0 Å². The summed E-state index contributed by atoms with van der Waals surface area (Å²) in [6.07, 6.45) is 5.88. The highest BCUT2D eigenvalue weighted by atomic mass is 16.5. The van der Waals surface area contributed by atoms with Gasteiger partial charge in [0.05, 0.1) is 18.2 Å². The second-order valence-corrected chi connectivity index (χ2v) is 5.84. The van der Waals surface area contributed by atoms with Gasteiger partial charge in [-0.3, -0.25) is 14.5 Å². The third-order valence-electron chi connectivity index (χ3n) is 4.31. The van der Waals surface area contributed by atoms with Crippen molar-refractivity contribution < 1.29 is 19.1 Å². The molecule has 1 aliphatic carbocycles. The zero-order chi connectivity index (χ0) is 16.4. The number of aryl methyl sites for hydroxylation is 1. The van der Waals surface area contributed by atoms with Crippen LogP contribution in [-0.4, -0.2) is 29.3 Å². The number of hydrogen-bond donors (Lipinski definition) is 0. The first-order valence-electron chi connectivity index (χ1n) is 7.97. The molecule has 2 amide bonds. The first-order valence-corrected chi connectivity index (χ1v) is 7.97. The molecule has 1 aliphatic heterocycles. The van der Waals surface area contributed by atoms with E-state index in [1.807, 2.05) is 13.0 Å². The number of benzene rings is 1. The summed E-state index contributed by atoms with van der Waals surface area (Å²) >= 11 is 0. The Balaban J connectivity index is 1.82. The summed E-state index contributed by atoms with van der Waals surface area (Å²) in [6, 6.07) is 5.12. The van der Waals surface area contributed by atoms with Gasteiger partial charge < -0.3 is 4.74 Å². The highest BCUT2D eigenvalue weighted by Gasteiger charge is 2.36. The fourth-order valence-electron chi connectivity index (χ4n) is 3.09. The standard InChI is InChI=1S/C18H19NO4/c1-2-3-10-23-18(22)13-5-4-12-6-7-15(14(12)11-13)19-16(20)8-9-17(19)21/h4-5,8-9,11,15H,2-3,6-7,10H2,1H3/t15-/m0/s1. The largest absolute Gasteiger partial charge is 0.462 e. The number of hydrogen-bond acceptors (Lipinski definition) is 4. The van der Waals surface area contributed by atoms with Crippen molar-refractivity contribution in [2.75, 3.05) is 6.61 Å². The number of imide groups is 1. The molecule has 0 spiro atoms. The van der Waals surface area contributed by atoms with Crippen LogP contribution in [0.15, 0.2) is 30.4 Å². The van der Waals surface area contributed by atoms with Crippen molar-refractivity contribution in [3.05, 3.63) is 47.0 Å². The number of amides is 2. The monoisotopic (exact) mass is 313 g/mol. The summed E-state index contributed by atoms with van der Waals surface area (Å²) in [5.74, 6) is -0.934. The highest BCUT2D eigenvalue weighted by molar-refractivity contribution is 6.13. The van der Waals surface area contributed by atoms with Gasteiger partial charge in [0.25, 0.3) is 11.8 Å². The Labute approximate surface area is 134 Å². The Morgan fingerprint density at radius 3 is 2.70 bits per heavy atom. The minimum Gasteiger partial charge on any atom is -0.462 e. The number of nitrogens with zero attached hydrogens (tertiary/aromatic N) is 1. The molecule has 0 unspecified atom stereocenters. The van der Waals surface area contributed by atoms with Crippen molar-refractivity contribution in [1.29, 1.82) is 0 Å². The Morgan fingerprint density at radius 2 is 2.00 bits per heavy atom. The molecule has 1 aromatic carbocycles. The molecule has 1 aromatic rings. The molecule has 0 saturated carbocycles. The third-order valence-corrected chi connectivity index (χ3v) is 4.31. The minimum absolute atomic E-state index is 0.288. The van der Waals surface area contributed by atoms with Gasteiger partial charge in [-0.2, -0.15) is 0 Å². The molecule has 5 nitrogen and oxygen atoms in total. The molecule has 1 heterocycles. The summed E-state index contributed by atoms with van der Waals surface area (Å²) in [5, 5.41) is 0. The average Bonchev–Trinajstić information content (AvgIpc) is 3.10. The molecule has 23 heavy (non-hydrogen) atoms. The van der Waals surface area contributed by atoms with Crippen LogP contribution < -0.4 is 0 Å². The van der Waals surface area contributed by atoms with Crippen LogP contribution in [0.5, 0.6) is 0 Å². The maximum atomic E-state index is 12.1. The van der Waals surface area contributed by atoms with Gasteiger partial charge in [0.15, 0.2) is 0 Å². The summed E-state index contributed by atoms with van der Waals surface area (Å²) in [6.45, 7) is 2.44. The zero-order valence-electron chi connectivity index (χ0n) is 13.1. The van der Waals surface area contributed by atoms with E-state index >= 15 is 0 Å². The van der Waals surface area contributed by atoms with Gasteiger partial charge in [-0.15, -0.1) is 0 Å². The van der Waals surface area contributed by atoms with Crippen molar-refractivity contribution in [2.24, 2.45) is 0 Å². The summed E-state index contributed by atoms with van der Waals surface area (Å²) < 4.78 is 5.23. The topological polar surface area (TPSA) is 63.7 Å². The second kappa shape index (κ2) is 6.36. The van der Waals surface area contributed by atoms with E-state index in [4.69, 9.17) is 4.74 Å². The molecule has 0 N–H and O–H groups in total. The molecule has 5 heteroatoms. The third kappa shape index (κ3) is 2.91. The number of carbonyl (C=O) groups excluding carboxylic acids is 3. The Kier molecular flexibility index (Phi) is 4.28. The van der Waals surface area contributed by atoms with Crippen LogP contribution in [-0.2, 0) is 20.7 Å². The van der Waals surface area contributed by atoms with Crippen LogP contribution in [0.1, 0.15) is 53.7 Å². The maximum absolute atomic E-state index is 12.1. The van der Waals surface area contributed by atoms with E-state index in [1.54, 1.807) is 12.1 Å². The normalized spacial score (nSPS) is 19.3. The molecule has 0 radical (unpaired) electrons. The SMILES string of the molecule is CCCCOC(=O)c1ccc2c(c1)[C@@H](N1C(=O)C=CC1=O)CC2. The molecule has 2 aliphatic rings. The number of esters is 1. The predicted molar refractivity (Wildman–Crippen MR) is 83.7 cm³/mol. The van der Waals surface area contributed by atoms with Gasteiger partial charge in [-0.25, -0.2) is 4.79 Å². The molecular formula is C18H19NO4. The number of carbonyl (C=O) groups is 3. The van der Waals surface area contributed by atoms with Crippen LogP contribution in [0, 0.1) is 0 Å². The molecule has 1 atom stereocenters. The number of ether oxygens (including phenoxy) is 1. The Hall–Kier alpha value is -2.43. The minimum atomic E-state index is -0.357. The molecule has 3 rings (SSSR count). The first kappa shape index (κ1) is 15.5. The number of rotatable bonds is 5. The molecule has 0 bridgehead atoms. The molecule has 0 aromatic heterocycles.